The maximum absolute atomic E-state index is 13.9. The Bertz CT molecular complexity index is 1090. The minimum absolute atomic E-state index is 0.0238. The molecule has 3 aromatic rings. The zero-order valence-corrected chi connectivity index (χ0v) is 18.7. The van der Waals surface area contributed by atoms with E-state index in [1.165, 1.54) is 30.0 Å². The molecule has 32 heavy (non-hydrogen) atoms. The van der Waals surface area contributed by atoms with Gasteiger partial charge in [-0.05, 0) is 55.8 Å². The molecule has 1 atom stereocenters. The molecule has 0 spiro atoms. The second-order valence-corrected chi connectivity index (χ2v) is 8.17. The molecule has 0 radical (unpaired) electrons. The van der Waals surface area contributed by atoms with E-state index < -0.39 is 11.7 Å². The highest BCUT2D eigenvalue weighted by Crippen LogP contribution is 2.30. The van der Waals surface area contributed by atoms with Gasteiger partial charge in [0.15, 0.2) is 0 Å². The average Bonchev–Trinajstić information content (AvgIpc) is 2.79. The van der Waals surface area contributed by atoms with E-state index in [2.05, 4.69) is 10.6 Å². The summed E-state index contributed by atoms with van der Waals surface area (Å²) < 4.78 is 19.4. The van der Waals surface area contributed by atoms with Crippen LogP contribution < -0.4 is 15.4 Å². The molecule has 0 heterocycles. The number of amides is 2. The van der Waals surface area contributed by atoms with Gasteiger partial charge in [0.25, 0.3) is 5.91 Å². The molecule has 0 aliphatic rings. The van der Waals surface area contributed by atoms with Gasteiger partial charge < -0.3 is 15.4 Å². The van der Waals surface area contributed by atoms with Gasteiger partial charge in [-0.15, -0.1) is 11.8 Å². The van der Waals surface area contributed by atoms with Crippen molar-refractivity contribution in [1.82, 2.24) is 0 Å². The first-order valence-corrected chi connectivity index (χ1v) is 11.2. The zero-order chi connectivity index (χ0) is 22.9. The third-order valence-corrected chi connectivity index (χ3v) is 5.95. The highest BCUT2D eigenvalue weighted by molar-refractivity contribution is 8.00. The number of ether oxygens (including phenoxy) is 1. The van der Waals surface area contributed by atoms with Crippen molar-refractivity contribution in [3.8, 4) is 5.75 Å². The van der Waals surface area contributed by atoms with Crippen LogP contribution in [0, 0.1) is 5.82 Å². The zero-order valence-electron chi connectivity index (χ0n) is 17.9. The largest absolute Gasteiger partial charge is 0.492 e. The maximum atomic E-state index is 13.9. The van der Waals surface area contributed by atoms with Gasteiger partial charge in [-0.1, -0.05) is 37.3 Å². The molecule has 0 aliphatic carbocycles. The van der Waals surface area contributed by atoms with Crippen molar-refractivity contribution in [2.24, 2.45) is 0 Å². The summed E-state index contributed by atoms with van der Waals surface area (Å²) in [7, 11) is 0. The Morgan fingerprint density at radius 3 is 2.47 bits per heavy atom. The van der Waals surface area contributed by atoms with E-state index in [0.717, 1.165) is 4.90 Å². The van der Waals surface area contributed by atoms with Crippen molar-refractivity contribution in [3.05, 3.63) is 84.2 Å². The summed E-state index contributed by atoms with van der Waals surface area (Å²) in [4.78, 5) is 26.1. The van der Waals surface area contributed by atoms with E-state index in [9.17, 15) is 14.0 Å². The maximum Gasteiger partial charge on any atom is 0.258 e. The summed E-state index contributed by atoms with van der Waals surface area (Å²) in [6, 6.07) is 20.3. The molecule has 0 aliphatic heterocycles. The third kappa shape index (κ3) is 6.11. The van der Waals surface area contributed by atoms with Crippen LogP contribution in [0.4, 0.5) is 15.8 Å². The first-order chi connectivity index (χ1) is 15.5. The number of anilines is 2. The lowest BCUT2D eigenvalue weighted by atomic mass is 10.2. The monoisotopic (exact) mass is 452 g/mol. The standard InChI is InChI=1S/C25H25FN2O3S/c1-3-23(25(30)28-21-14-7-8-15-22(21)31-4-2)32-18-11-9-10-17(16-18)27-24(29)19-12-5-6-13-20(19)26/h5-16,23H,3-4H2,1-2H3,(H,27,29)(H,28,30). The predicted octanol–water partition coefficient (Wildman–Crippen LogP) is 5.99. The number of hydrogen-bond donors (Lipinski definition) is 2. The molecule has 7 heteroatoms. The van der Waals surface area contributed by atoms with Crippen LogP contribution in [0.25, 0.3) is 0 Å². The van der Waals surface area contributed by atoms with E-state index in [0.29, 0.717) is 30.2 Å². The fraction of sp³-hybridized carbons (Fsp3) is 0.200. The van der Waals surface area contributed by atoms with Gasteiger partial charge >= 0.3 is 0 Å². The summed E-state index contributed by atoms with van der Waals surface area (Å²) >= 11 is 1.40. The molecule has 0 fully saturated rings. The van der Waals surface area contributed by atoms with Crippen molar-refractivity contribution < 1.29 is 18.7 Å². The number of para-hydroxylation sites is 2. The number of carbonyl (C=O) groups is 2. The minimum atomic E-state index is -0.578. The van der Waals surface area contributed by atoms with Gasteiger partial charge in [0.1, 0.15) is 11.6 Å². The smallest absolute Gasteiger partial charge is 0.258 e. The molecule has 3 aromatic carbocycles. The number of carbonyl (C=O) groups excluding carboxylic acids is 2. The second-order valence-electron chi connectivity index (χ2n) is 6.89. The van der Waals surface area contributed by atoms with Crippen LogP contribution in [0.3, 0.4) is 0 Å². The van der Waals surface area contributed by atoms with E-state index in [1.807, 2.05) is 38.1 Å². The van der Waals surface area contributed by atoms with Crippen LogP contribution in [0.2, 0.25) is 0 Å². The molecule has 0 aromatic heterocycles. The first kappa shape index (κ1) is 23.3. The molecule has 166 valence electrons. The number of rotatable bonds is 9. The lowest BCUT2D eigenvalue weighted by Gasteiger charge is -2.17. The number of hydrogen-bond acceptors (Lipinski definition) is 4. The van der Waals surface area contributed by atoms with Gasteiger partial charge in [-0.25, -0.2) is 4.39 Å². The van der Waals surface area contributed by atoms with Crippen molar-refractivity contribution in [2.45, 2.75) is 30.4 Å². The van der Waals surface area contributed by atoms with Crippen LogP contribution >= 0.6 is 11.8 Å². The van der Waals surface area contributed by atoms with Crippen molar-refractivity contribution in [1.29, 1.82) is 0 Å². The van der Waals surface area contributed by atoms with Crippen LogP contribution in [0.5, 0.6) is 5.75 Å². The van der Waals surface area contributed by atoms with E-state index in [-0.39, 0.29) is 16.7 Å². The second kappa shape index (κ2) is 11.3. The number of nitrogens with one attached hydrogen (secondary N) is 2. The lowest BCUT2D eigenvalue weighted by molar-refractivity contribution is -0.115. The van der Waals surface area contributed by atoms with Gasteiger partial charge in [-0.3, -0.25) is 9.59 Å². The Hall–Kier alpha value is -3.32. The lowest BCUT2D eigenvalue weighted by Crippen LogP contribution is -2.24. The highest BCUT2D eigenvalue weighted by Gasteiger charge is 2.20. The molecular weight excluding hydrogens is 427 g/mol. The average molecular weight is 453 g/mol. The summed E-state index contributed by atoms with van der Waals surface area (Å²) in [5.41, 5.74) is 1.13. The van der Waals surface area contributed by atoms with Gasteiger partial charge in [-0.2, -0.15) is 0 Å². The van der Waals surface area contributed by atoms with Crippen LogP contribution in [0.1, 0.15) is 30.6 Å². The third-order valence-electron chi connectivity index (χ3n) is 4.60. The SMILES string of the molecule is CCOc1ccccc1NC(=O)C(CC)Sc1cccc(NC(=O)c2ccccc2F)c1. The molecule has 0 saturated carbocycles. The molecule has 5 nitrogen and oxygen atoms in total. The fourth-order valence-corrected chi connectivity index (χ4v) is 4.06. The molecule has 1 unspecified atom stereocenters. The Kier molecular flexibility index (Phi) is 8.27. The summed E-state index contributed by atoms with van der Waals surface area (Å²) in [6.45, 7) is 4.33. The van der Waals surface area contributed by atoms with E-state index in [4.69, 9.17) is 4.74 Å². The van der Waals surface area contributed by atoms with Gasteiger partial charge in [0, 0.05) is 10.6 Å². The minimum Gasteiger partial charge on any atom is -0.492 e. The van der Waals surface area contributed by atoms with Crippen LogP contribution in [-0.4, -0.2) is 23.7 Å². The summed E-state index contributed by atoms with van der Waals surface area (Å²) in [5.74, 6) is -0.611. The Balaban J connectivity index is 1.68. The first-order valence-electron chi connectivity index (χ1n) is 10.4. The number of benzene rings is 3. The normalized spacial score (nSPS) is 11.5. The Morgan fingerprint density at radius 2 is 1.72 bits per heavy atom. The molecule has 3 rings (SSSR count). The van der Waals surface area contributed by atoms with Gasteiger partial charge in [0.2, 0.25) is 5.91 Å². The fourth-order valence-electron chi connectivity index (χ4n) is 3.04. The number of halogens is 1. The Labute approximate surface area is 191 Å². The summed E-state index contributed by atoms with van der Waals surface area (Å²) in [6.07, 6.45) is 0.610. The van der Waals surface area contributed by atoms with E-state index >= 15 is 0 Å². The molecule has 0 saturated heterocycles. The van der Waals surface area contributed by atoms with Crippen molar-refractivity contribution >= 4 is 35.0 Å². The predicted molar refractivity (Wildman–Crippen MR) is 127 cm³/mol. The summed E-state index contributed by atoms with van der Waals surface area (Å²) in [5, 5.41) is 5.31. The molecule has 2 N–H and O–H groups in total. The molecular formula is C25H25FN2O3S. The number of thioether (sulfide) groups is 1. The highest BCUT2D eigenvalue weighted by atomic mass is 32.2. The van der Waals surface area contributed by atoms with Crippen LogP contribution in [0.15, 0.2) is 77.7 Å². The topological polar surface area (TPSA) is 67.4 Å². The van der Waals surface area contributed by atoms with E-state index in [1.54, 1.807) is 30.3 Å². The van der Waals surface area contributed by atoms with Crippen molar-refractivity contribution in [3.63, 3.8) is 0 Å². The quantitative estimate of drug-likeness (QED) is 0.392. The van der Waals surface area contributed by atoms with Crippen LogP contribution in [-0.2, 0) is 4.79 Å². The molecule has 0 bridgehead atoms. The van der Waals surface area contributed by atoms with Crippen molar-refractivity contribution in [2.75, 3.05) is 17.2 Å². The van der Waals surface area contributed by atoms with Gasteiger partial charge in [0.05, 0.1) is 23.1 Å². The Morgan fingerprint density at radius 1 is 0.969 bits per heavy atom. The molecule has 2 amide bonds.